The summed E-state index contributed by atoms with van der Waals surface area (Å²) in [4.78, 5) is 14.5. The number of likely N-dealkylation sites (N-methyl/N-ethyl adjacent to an activating group) is 1. The molecule has 1 aliphatic heterocycles. The normalized spacial score (nSPS) is 20.8. The van der Waals surface area contributed by atoms with Gasteiger partial charge in [-0.15, -0.1) is 11.3 Å². The third kappa shape index (κ3) is 4.69. The van der Waals surface area contributed by atoms with E-state index >= 15 is 0 Å². The molecule has 1 aliphatic rings. The molecule has 0 radical (unpaired) electrons. The van der Waals surface area contributed by atoms with E-state index in [0.29, 0.717) is 0 Å². The summed E-state index contributed by atoms with van der Waals surface area (Å²) in [5, 5.41) is 2.45. The van der Waals surface area contributed by atoms with E-state index in [4.69, 9.17) is 11.6 Å². The predicted molar refractivity (Wildman–Crippen MR) is 121 cm³/mol. The minimum Gasteiger partial charge on any atom is -0.325 e. The zero-order valence-corrected chi connectivity index (χ0v) is 19.1. The highest BCUT2D eigenvalue weighted by atomic mass is 35.5. The molecule has 168 valence electrons. The van der Waals surface area contributed by atoms with Crippen molar-refractivity contribution in [2.75, 3.05) is 12.4 Å². The Labute approximate surface area is 193 Å². The molecule has 0 saturated carbocycles. The van der Waals surface area contributed by atoms with Gasteiger partial charge in [-0.05, 0) is 54.4 Å². The van der Waals surface area contributed by atoms with Crippen LogP contribution in [0.4, 0.5) is 14.5 Å². The lowest BCUT2D eigenvalue weighted by molar-refractivity contribution is -0.120. The van der Waals surface area contributed by atoms with E-state index in [1.807, 2.05) is 6.07 Å². The minimum atomic E-state index is -3.93. The lowest BCUT2D eigenvalue weighted by Gasteiger charge is -2.35. The van der Waals surface area contributed by atoms with Crippen LogP contribution in [0.25, 0.3) is 10.4 Å². The van der Waals surface area contributed by atoms with E-state index in [9.17, 15) is 22.0 Å². The van der Waals surface area contributed by atoms with Crippen LogP contribution in [0.3, 0.4) is 0 Å². The van der Waals surface area contributed by atoms with Gasteiger partial charge >= 0.3 is 0 Å². The van der Waals surface area contributed by atoms with Gasteiger partial charge in [0.25, 0.3) is 10.2 Å². The number of halogens is 3. The molecule has 1 fully saturated rings. The number of benzene rings is 2. The number of rotatable bonds is 4. The van der Waals surface area contributed by atoms with Gasteiger partial charge in [0.05, 0.1) is 11.1 Å². The van der Waals surface area contributed by atoms with Crippen LogP contribution in [0.5, 0.6) is 0 Å². The van der Waals surface area contributed by atoms with E-state index in [1.54, 1.807) is 18.2 Å². The van der Waals surface area contributed by atoms with Crippen LogP contribution in [-0.2, 0) is 15.0 Å². The Morgan fingerprint density at radius 1 is 1.16 bits per heavy atom. The number of nitrogens with one attached hydrogen (secondary N) is 2. The smallest absolute Gasteiger partial charge is 0.280 e. The standard InChI is InChI=1S/C21H18ClF2N3O3S2/c1-27-18(21(28)25-14-6-7-16(24)15(22)10-14)11-17(26-32(27,29)30)20-9-8-19(31-20)12-2-4-13(23)5-3-12/h2-10,17-18,26H,11H2,1H3,(H,25,28)/t17-,18+/m1/s1. The van der Waals surface area contributed by atoms with Crippen LogP contribution in [0.15, 0.2) is 54.6 Å². The molecule has 32 heavy (non-hydrogen) atoms. The predicted octanol–water partition coefficient (Wildman–Crippen LogP) is 4.57. The van der Waals surface area contributed by atoms with Gasteiger partial charge in [-0.25, -0.2) is 8.78 Å². The third-order valence-corrected chi connectivity index (χ3v) is 8.29. The monoisotopic (exact) mass is 497 g/mol. The maximum absolute atomic E-state index is 13.4. The number of amides is 1. The fourth-order valence-corrected chi connectivity index (χ4v) is 6.00. The number of carbonyl (C=O) groups is 1. The third-order valence-electron chi connectivity index (χ3n) is 5.16. The molecule has 1 saturated heterocycles. The van der Waals surface area contributed by atoms with Crippen LogP contribution in [0.1, 0.15) is 17.3 Å². The van der Waals surface area contributed by atoms with E-state index in [1.165, 1.54) is 42.6 Å². The number of nitrogens with zero attached hydrogens (tertiary/aromatic N) is 1. The van der Waals surface area contributed by atoms with Crippen molar-refractivity contribution >= 4 is 44.7 Å². The lowest BCUT2D eigenvalue weighted by Crippen LogP contribution is -2.55. The number of anilines is 1. The Balaban J connectivity index is 1.56. The maximum Gasteiger partial charge on any atom is 0.280 e. The second kappa shape index (κ2) is 8.87. The number of carbonyl (C=O) groups excluding carboxylic acids is 1. The summed E-state index contributed by atoms with van der Waals surface area (Å²) in [5.41, 5.74) is 1.07. The van der Waals surface area contributed by atoms with E-state index in [2.05, 4.69) is 10.0 Å². The molecule has 1 aromatic heterocycles. The van der Waals surface area contributed by atoms with Crippen molar-refractivity contribution in [2.45, 2.75) is 18.5 Å². The van der Waals surface area contributed by atoms with Gasteiger partial charge < -0.3 is 5.32 Å². The molecule has 2 heterocycles. The van der Waals surface area contributed by atoms with E-state index in [-0.39, 0.29) is 22.9 Å². The average Bonchev–Trinajstić information content (AvgIpc) is 3.23. The first kappa shape index (κ1) is 22.8. The molecule has 2 atom stereocenters. The zero-order chi connectivity index (χ0) is 23.0. The van der Waals surface area contributed by atoms with Gasteiger partial charge in [-0.2, -0.15) is 17.4 Å². The first-order chi connectivity index (χ1) is 15.1. The SMILES string of the molecule is CN1[C@H](C(=O)Nc2ccc(F)c(Cl)c2)C[C@H](c2ccc(-c3ccc(F)cc3)s2)NS1(=O)=O. The number of thiophene rings is 1. The van der Waals surface area contributed by atoms with Crippen molar-refractivity contribution in [3.8, 4) is 10.4 Å². The Morgan fingerprint density at radius 2 is 1.88 bits per heavy atom. The van der Waals surface area contributed by atoms with Gasteiger partial charge in [0.1, 0.15) is 17.7 Å². The summed E-state index contributed by atoms with van der Waals surface area (Å²) < 4.78 is 55.5. The molecule has 2 aromatic carbocycles. The number of hydrogen-bond donors (Lipinski definition) is 2. The average molecular weight is 498 g/mol. The van der Waals surface area contributed by atoms with Crippen molar-refractivity contribution in [1.29, 1.82) is 0 Å². The van der Waals surface area contributed by atoms with Crippen LogP contribution < -0.4 is 10.0 Å². The molecule has 1 amide bonds. The molecule has 4 rings (SSSR count). The van der Waals surface area contributed by atoms with Crippen molar-refractivity contribution in [2.24, 2.45) is 0 Å². The van der Waals surface area contributed by atoms with E-state index in [0.717, 1.165) is 25.7 Å². The molecule has 6 nitrogen and oxygen atoms in total. The molecule has 0 aliphatic carbocycles. The molecule has 0 spiro atoms. The highest BCUT2D eigenvalue weighted by Crippen LogP contribution is 2.36. The fourth-order valence-electron chi connectivity index (χ4n) is 3.41. The zero-order valence-electron chi connectivity index (χ0n) is 16.7. The van der Waals surface area contributed by atoms with Crippen molar-refractivity contribution < 1.29 is 22.0 Å². The van der Waals surface area contributed by atoms with Crippen LogP contribution in [0, 0.1) is 11.6 Å². The van der Waals surface area contributed by atoms with Crippen molar-refractivity contribution in [3.05, 3.63) is 76.1 Å². The Bertz CT molecular complexity index is 1270. The summed E-state index contributed by atoms with van der Waals surface area (Å²) in [7, 11) is -2.61. The summed E-state index contributed by atoms with van der Waals surface area (Å²) in [6.45, 7) is 0. The largest absolute Gasteiger partial charge is 0.325 e. The molecular weight excluding hydrogens is 480 g/mol. The Kier molecular flexibility index (Phi) is 6.33. The van der Waals surface area contributed by atoms with Gasteiger partial charge in [-0.3, -0.25) is 4.79 Å². The maximum atomic E-state index is 13.4. The summed E-state index contributed by atoms with van der Waals surface area (Å²) >= 11 is 7.12. The second-order valence-corrected chi connectivity index (χ2v) is 10.6. The Morgan fingerprint density at radius 3 is 2.56 bits per heavy atom. The summed E-state index contributed by atoms with van der Waals surface area (Å²) in [6, 6.07) is 11.7. The first-order valence-electron chi connectivity index (χ1n) is 9.51. The van der Waals surface area contributed by atoms with Crippen LogP contribution in [0.2, 0.25) is 5.02 Å². The van der Waals surface area contributed by atoms with Gasteiger partial charge in [0.2, 0.25) is 5.91 Å². The number of hydrogen-bond acceptors (Lipinski definition) is 4. The quantitative estimate of drug-likeness (QED) is 0.554. The molecule has 3 aromatic rings. The lowest BCUT2D eigenvalue weighted by atomic mass is 10.1. The summed E-state index contributed by atoms with van der Waals surface area (Å²) in [5.74, 6) is -1.52. The van der Waals surface area contributed by atoms with Crippen LogP contribution >= 0.6 is 22.9 Å². The van der Waals surface area contributed by atoms with E-state index < -0.39 is 34.0 Å². The summed E-state index contributed by atoms with van der Waals surface area (Å²) in [6.07, 6.45) is 0.180. The van der Waals surface area contributed by atoms with Gasteiger partial charge in [0.15, 0.2) is 0 Å². The highest BCUT2D eigenvalue weighted by molar-refractivity contribution is 7.87. The molecule has 0 bridgehead atoms. The molecular formula is C21H18ClF2N3O3S2. The topological polar surface area (TPSA) is 78.5 Å². The minimum absolute atomic E-state index is 0.154. The Hall–Kier alpha value is -2.37. The molecule has 2 N–H and O–H groups in total. The van der Waals surface area contributed by atoms with Gasteiger partial charge in [0, 0.05) is 22.5 Å². The second-order valence-electron chi connectivity index (χ2n) is 7.27. The highest BCUT2D eigenvalue weighted by Gasteiger charge is 2.41. The molecule has 11 heteroatoms. The van der Waals surface area contributed by atoms with Crippen molar-refractivity contribution in [3.63, 3.8) is 0 Å². The molecule has 0 unspecified atom stereocenters. The van der Waals surface area contributed by atoms with Gasteiger partial charge in [-0.1, -0.05) is 23.7 Å². The first-order valence-corrected chi connectivity index (χ1v) is 12.1. The fraction of sp³-hybridized carbons (Fsp3) is 0.190. The van der Waals surface area contributed by atoms with Crippen LogP contribution in [-0.4, -0.2) is 31.7 Å². The van der Waals surface area contributed by atoms with Crippen molar-refractivity contribution in [1.82, 2.24) is 9.03 Å².